The molecule has 0 spiro atoms. The van der Waals surface area contributed by atoms with Gasteiger partial charge in [-0.1, -0.05) is 83.4 Å². The van der Waals surface area contributed by atoms with Crippen molar-refractivity contribution in [3.05, 3.63) is 99.5 Å². The molecule has 1 nitrogen and oxygen atoms in total. The van der Waals surface area contributed by atoms with Crippen molar-refractivity contribution in [1.29, 1.82) is 0 Å². The summed E-state index contributed by atoms with van der Waals surface area (Å²) in [5, 5.41) is 1.18. The fraction of sp³-hybridized carbons (Fsp3) is 0.136. The molecule has 0 saturated heterocycles. The minimum absolute atomic E-state index is 0.0244. The van der Waals surface area contributed by atoms with Crippen molar-refractivity contribution in [2.75, 3.05) is 0 Å². The molecule has 0 amide bonds. The number of carbonyl (C=O) groups is 1. The highest BCUT2D eigenvalue weighted by atomic mass is 35.5. The number of halogens is 2. The van der Waals surface area contributed by atoms with Crippen molar-refractivity contribution in [2.24, 2.45) is 0 Å². The molecule has 0 saturated carbocycles. The molecule has 1 unspecified atom stereocenters. The van der Waals surface area contributed by atoms with Crippen LogP contribution in [0.5, 0.6) is 0 Å². The number of aryl methyl sites for hydroxylation is 1. The second-order valence-electron chi connectivity index (χ2n) is 6.09. The van der Waals surface area contributed by atoms with Gasteiger partial charge in [-0.15, -0.1) is 11.8 Å². The first-order valence-electron chi connectivity index (χ1n) is 8.29. The summed E-state index contributed by atoms with van der Waals surface area (Å²) in [6, 6.07) is 23.2. The zero-order chi connectivity index (χ0) is 18.5. The van der Waals surface area contributed by atoms with Crippen LogP contribution in [-0.4, -0.2) is 5.78 Å². The second-order valence-corrected chi connectivity index (χ2v) is 8.17. The highest BCUT2D eigenvalue weighted by Gasteiger charge is 2.20. The van der Waals surface area contributed by atoms with Crippen LogP contribution in [0.2, 0.25) is 10.0 Å². The van der Waals surface area contributed by atoms with Crippen molar-refractivity contribution >= 4 is 40.7 Å². The fourth-order valence-electron chi connectivity index (χ4n) is 2.64. The van der Waals surface area contributed by atoms with Crippen LogP contribution >= 0.6 is 35.0 Å². The van der Waals surface area contributed by atoms with E-state index in [1.807, 2.05) is 73.7 Å². The molecule has 132 valence electrons. The van der Waals surface area contributed by atoms with E-state index in [1.165, 1.54) is 0 Å². The van der Waals surface area contributed by atoms with Gasteiger partial charge in [0, 0.05) is 27.2 Å². The number of hydrogen-bond donors (Lipinski definition) is 0. The van der Waals surface area contributed by atoms with Crippen LogP contribution in [0.15, 0.2) is 77.7 Å². The maximum Gasteiger partial charge on any atom is 0.164 e. The standard InChI is InChI=1S/C22H18Cl2OS/c1-15-7-9-16(10-8-15)20(25)14-22(17-5-3-2-4-6-17)26-21-12-11-18(23)13-19(21)24/h2-13,22H,14H2,1H3. The summed E-state index contributed by atoms with van der Waals surface area (Å²) in [6.07, 6.45) is 0.400. The van der Waals surface area contributed by atoms with Gasteiger partial charge in [-0.3, -0.25) is 4.79 Å². The molecule has 26 heavy (non-hydrogen) atoms. The topological polar surface area (TPSA) is 17.1 Å². The van der Waals surface area contributed by atoms with E-state index in [9.17, 15) is 4.79 Å². The van der Waals surface area contributed by atoms with Crippen LogP contribution in [0.1, 0.15) is 33.2 Å². The zero-order valence-corrected chi connectivity index (χ0v) is 16.6. The molecule has 3 aromatic carbocycles. The third kappa shape index (κ3) is 4.91. The van der Waals surface area contributed by atoms with E-state index in [2.05, 4.69) is 0 Å². The Morgan fingerprint density at radius 1 is 0.962 bits per heavy atom. The van der Waals surface area contributed by atoms with E-state index < -0.39 is 0 Å². The average Bonchev–Trinajstić information content (AvgIpc) is 2.64. The minimum atomic E-state index is -0.0244. The van der Waals surface area contributed by atoms with Gasteiger partial charge in [-0.25, -0.2) is 0 Å². The maximum absolute atomic E-state index is 12.8. The van der Waals surface area contributed by atoms with E-state index in [0.29, 0.717) is 16.5 Å². The Balaban J connectivity index is 1.86. The number of carbonyl (C=O) groups excluding carboxylic acids is 1. The molecule has 3 rings (SSSR count). The van der Waals surface area contributed by atoms with E-state index in [-0.39, 0.29) is 11.0 Å². The normalized spacial score (nSPS) is 12.0. The molecule has 0 aliphatic rings. The molecule has 0 bridgehead atoms. The summed E-state index contributed by atoms with van der Waals surface area (Å²) < 4.78 is 0. The Kier molecular flexibility index (Phi) is 6.42. The summed E-state index contributed by atoms with van der Waals surface area (Å²) in [6.45, 7) is 2.01. The third-order valence-corrected chi connectivity index (χ3v) is 6.07. The Morgan fingerprint density at radius 2 is 1.65 bits per heavy atom. The lowest BCUT2D eigenvalue weighted by atomic mass is 10.0. The van der Waals surface area contributed by atoms with Gasteiger partial charge in [-0.2, -0.15) is 0 Å². The largest absolute Gasteiger partial charge is 0.294 e. The van der Waals surface area contributed by atoms with E-state index >= 15 is 0 Å². The number of hydrogen-bond acceptors (Lipinski definition) is 2. The Hall–Kier alpha value is -1.74. The molecule has 0 aromatic heterocycles. The lowest BCUT2D eigenvalue weighted by Gasteiger charge is -2.17. The summed E-state index contributed by atoms with van der Waals surface area (Å²) in [5.74, 6) is 0.122. The smallest absolute Gasteiger partial charge is 0.164 e. The van der Waals surface area contributed by atoms with Gasteiger partial charge in [0.25, 0.3) is 0 Å². The predicted molar refractivity (Wildman–Crippen MR) is 112 cm³/mol. The van der Waals surface area contributed by atoms with Crippen molar-refractivity contribution in [1.82, 2.24) is 0 Å². The average molecular weight is 401 g/mol. The van der Waals surface area contributed by atoms with Gasteiger partial charge in [0.15, 0.2) is 5.78 Å². The van der Waals surface area contributed by atoms with E-state index in [4.69, 9.17) is 23.2 Å². The van der Waals surface area contributed by atoms with Crippen LogP contribution < -0.4 is 0 Å². The lowest BCUT2D eigenvalue weighted by Crippen LogP contribution is -2.05. The number of benzene rings is 3. The summed E-state index contributed by atoms with van der Waals surface area (Å²) in [7, 11) is 0. The molecule has 0 N–H and O–H groups in total. The molecule has 1 atom stereocenters. The van der Waals surface area contributed by atoms with Crippen LogP contribution in [0, 0.1) is 6.92 Å². The highest BCUT2D eigenvalue weighted by molar-refractivity contribution is 7.99. The van der Waals surface area contributed by atoms with Gasteiger partial charge in [-0.05, 0) is 30.7 Å². The Morgan fingerprint density at radius 3 is 2.31 bits per heavy atom. The first-order valence-corrected chi connectivity index (χ1v) is 9.93. The Labute approximate surface area is 168 Å². The first-order chi connectivity index (χ1) is 12.5. The molecule has 3 aromatic rings. The first kappa shape index (κ1) is 19.0. The van der Waals surface area contributed by atoms with Gasteiger partial charge in [0.2, 0.25) is 0 Å². The molecule has 0 aliphatic carbocycles. The molecule has 0 radical (unpaired) electrons. The van der Waals surface area contributed by atoms with Gasteiger partial charge >= 0.3 is 0 Å². The van der Waals surface area contributed by atoms with Crippen LogP contribution in [0.25, 0.3) is 0 Å². The summed E-state index contributed by atoms with van der Waals surface area (Å²) in [5.41, 5.74) is 2.98. The predicted octanol–water partition coefficient (Wildman–Crippen LogP) is 7.41. The molecule has 4 heteroatoms. The fourth-order valence-corrected chi connectivity index (χ4v) is 4.34. The third-order valence-electron chi connectivity index (χ3n) is 4.08. The van der Waals surface area contributed by atoms with Crippen LogP contribution in [0.3, 0.4) is 0 Å². The van der Waals surface area contributed by atoms with Gasteiger partial charge in [0.05, 0.1) is 5.02 Å². The van der Waals surface area contributed by atoms with Crippen LogP contribution in [-0.2, 0) is 0 Å². The van der Waals surface area contributed by atoms with Crippen LogP contribution in [0.4, 0.5) is 0 Å². The van der Waals surface area contributed by atoms with Crippen molar-refractivity contribution in [2.45, 2.75) is 23.5 Å². The van der Waals surface area contributed by atoms with Gasteiger partial charge in [0.1, 0.15) is 0 Å². The Bertz CT molecular complexity index is 892. The summed E-state index contributed by atoms with van der Waals surface area (Å²) >= 11 is 13.9. The number of rotatable bonds is 6. The SMILES string of the molecule is Cc1ccc(C(=O)CC(Sc2ccc(Cl)cc2Cl)c2ccccc2)cc1. The van der Waals surface area contributed by atoms with E-state index in [0.717, 1.165) is 21.6 Å². The van der Waals surface area contributed by atoms with Gasteiger partial charge < -0.3 is 0 Å². The number of Topliss-reactive ketones (excluding diaryl/α,β-unsaturated/α-hetero) is 1. The molecular weight excluding hydrogens is 383 g/mol. The van der Waals surface area contributed by atoms with E-state index in [1.54, 1.807) is 17.8 Å². The van der Waals surface area contributed by atoms with Crippen molar-refractivity contribution in [3.8, 4) is 0 Å². The minimum Gasteiger partial charge on any atom is -0.294 e. The van der Waals surface area contributed by atoms with Crippen molar-refractivity contribution in [3.63, 3.8) is 0 Å². The summed E-state index contributed by atoms with van der Waals surface area (Å²) in [4.78, 5) is 13.7. The number of thioether (sulfide) groups is 1. The maximum atomic E-state index is 12.8. The molecular formula is C22H18Cl2OS. The lowest BCUT2D eigenvalue weighted by molar-refractivity contribution is 0.0982. The monoisotopic (exact) mass is 400 g/mol. The quantitative estimate of drug-likeness (QED) is 0.316. The highest BCUT2D eigenvalue weighted by Crippen LogP contribution is 2.42. The zero-order valence-electron chi connectivity index (χ0n) is 14.3. The molecule has 0 fully saturated rings. The molecule has 0 heterocycles. The van der Waals surface area contributed by atoms with Crippen molar-refractivity contribution < 1.29 is 4.79 Å². The second kappa shape index (κ2) is 8.77. The number of ketones is 1. The molecule has 0 aliphatic heterocycles.